The van der Waals surface area contributed by atoms with Gasteiger partial charge in [-0.25, -0.2) is 0 Å². The Bertz CT molecular complexity index is 489. The second-order valence-corrected chi connectivity index (χ2v) is 6.41. The summed E-state index contributed by atoms with van der Waals surface area (Å²) in [6.45, 7) is 3.54. The summed E-state index contributed by atoms with van der Waals surface area (Å²) in [5.74, 6) is 0. The van der Waals surface area contributed by atoms with Crippen LogP contribution < -0.4 is 9.79 Å². The molecule has 0 heterocycles. The monoisotopic (exact) mass is 276 g/mol. The minimum absolute atomic E-state index is 0.384. The Hall–Kier alpha value is -0.740. The van der Waals surface area contributed by atoms with Gasteiger partial charge in [0, 0.05) is 0 Å². The molecule has 0 aliphatic heterocycles. The van der Waals surface area contributed by atoms with Gasteiger partial charge in [-0.15, -0.1) is 0 Å². The molecular formula is C9H10O6P2-2. The molecule has 0 spiro atoms. The summed E-state index contributed by atoms with van der Waals surface area (Å²) in [4.78, 5) is 29.7. The van der Waals surface area contributed by atoms with Crippen LogP contribution in [-0.4, -0.2) is 4.89 Å². The van der Waals surface area contributed by atoms with E-state index in [4.69, 9.17) is 0 Å². The van der Waals surface area contributed by atoms with Gasteiger partial charge in [0.2, 0.25) is 0 Å². The van der Waals surface area contributed by atoms with Crippen molar-refractivity contribution in [2.24, 2.45) is 0 Å². The van der Waals surface area contributed by atoms with Crippen LogP contribution >= 0.6 is 15.4 Å². The topological polar surface area (TPSA) is 110 Å². The fraction of sp³-hybridized carbons (Fsp3) is 0.111. The first-order valence-corrected chi connectivity index (χ1v) is 7.71. The highest BCUT2D eigenvalue weighted by molar-refractivity contribution is 7.62. The molecule has 1 atom stereocenters. The number of phosphoric acid groups is 1. The van der Waals surface area contributed by atoms with E-state index in [-0.39, 0.29) is 0 Å². The average molecular weight is 276 g/mol. The van der Waals surface area contributed by atoms with Crippen molar-refractivity contribution < 1.29 is 28.1 Å². The lowest BCUT2D eigenvalue weighted by Gasteiger charge is -2.30. The molecule has 6 nitrogen and oxygen atoms in total. The summed E-state index contributed by atoms with van der Waals surface area (Å²) in [6.07, 6.45) is 1.04. The van der Waals surface area contributed by atoms with Gasteiger partial charge in [-0.05, 0) is 11.1 Å². The van der Waals surface area contributed by atoms with Gasteiger partial charge in [0.05, 0.1) is 14.0 Å². The fourth-order valence-corrected chi connectivity index (χ4v) is 3.33. The molecule has 1 N–H and O–H groups in total. The summed E-state index contributed by atoms with van der Waals surface area (Å²) in [5.41, 5.74) is 1.19. The van der Waals surface area contributed by atoms with E-state index >= 15 is 0 Å². The summed E-state index contributed by atoms with van der Waals surface area (Å²) in [5, 5.41) is 0. The van der Waals surface area contributed by atoms with Crippen molar-refractivity contribution >= 4 is 21.5 Å². The van der Waals surface area contributed by atoms with E-state index in [0.29, 0.717) is 5.56 Å². The Kier molecular flexibility index (Phi) is 4.44. The van der Waals surface area contributed by atoms with E-state index in [0.717, 1.165) is 5.56 Å². The van der Waals surface area contributed by atoms with Crippen LogP contribution in [0.1, 0.15) is 11.1 Å². The van der Waals surface area contributed by atoms with E-state index in [9.17, 15) is 23.8 Å². The molecule has 1 unspecified atom stereocenters. The lowest BCUT2D eigenvalue weighted by molar-refractivity contribution is -0.334. The van der Waals surface area contributed by atoms with Crippen LogP contribution in [0.2, 0.25) is 0 Å². The van der Waals surface area contributed by atoms with Crippen molar-refractivity contribution in [3.63, 3.8) is 0 Å². The Balaban J connectivity index is 2.79. The van der Waals surface area contributed by atoms with Crippen LogP contribution in [0.5, 0.6) is 0 Å². The van der Waals surface area contributed by atoms with Crippen LogP contribution in [-0.2, 0) is 19.6 Å². The number of hydrogen-bond donors (Lipinski definition) is 1. The molecule has 94 valence electrons. The lowest BCUT2D eigenvalue weighted by atomic mass is 10.1. The molecule has 0 amide bonds. The number of rotatable bonds is 5. The molecule has 0 fully saturated rings. The van der Waals surface area contributed by atoms with E-state index in [1.54, 1.807) is 18.2 Å². The molecule has 1 aromatic carbocycles. The lowest BCUT2D eigenvalue weighted by Crippen LogP contribution is -2.15. The van der Waals surface area contributed by atoms with Gasteiger partial charge in [-0.2, -0.15) is 0 Å². The molecule has 0 saturated carbocycles. The fourth-order valence-electron chi connectivity index (χ4n) is 1.17. The largest absolute Gasteiger partial charge is 0.789 e. The van der Waals surface area contributed by atoms with E-state index in [1.807, 2.05) is 0 Å². The van der Waals surface area contributed by atoms with Gasteiger partial charge < -0.3 is 19.2 Å². The maximum Gasteiger partial charge on any atom is 0.336 e. The third-order valence-electron chi connectivity index (χ3n) is 1.83. The molecule has 8 heteroatoms. The van der Waals surface area contributed by atoms with Crippen molar-refractivity contribution in [2.75, 3.05) is 0 Å². The summed E-state index contributed by atoms with van der Waals surface area (Å²) < 4.78 is 25.2. The Morgan fingerprint density at radius 2 is 1.82 bits per heavy atom. The third kappa shape index (κ3) is 5.41. The molecule has 0 bridgehead atoms. The SMILES string of the molecule is C=Cc1ccc(CP(=O)(O)OP(=O)([O-])[O-])cc1. The molecule has 1 rings (SSSR count). The van der Waals surface area contributed by atoms with Crippen LogP contribution in [0, 0.1) is 0 Å². The first kappa shape index (κ1) is 14.3. The Labute approximate surface area is 98.3 Å². The molecular weight excluding hydrogens is 266 g/mol. The average Bonchev–Trinajstić information content (AvgIpc) is 2.14. The second kappa shape index (κ2) is 5.27. The van der Waals surface area contributed by atoms with E-state index < -0.39 is 21.6 Å². The van der Waals surface area contributed by atoms with E-state index in [1.165, 1.54) is 12.1 Å². The first-order valence-electron chi connectivity index (χ1n) is 4.48. The number of hydrogen-bond acceptors (Lipinski definition) is 5. The van der Waals surface area contributed by atoms with Gasteiger partial charge >= 0.3 is 7.60 Å². The first-order chi connectivity index (χ1) is 7.72. The highest BCUT2D eigenvalue weighted by Gasteiger charge is 2.21. The van der Waals surface area contributed by atoms with E-state index in [2.05, 4.69) is 10.9 Å². The summed E-state index contributed by atoms with van der Waals surface area (Å²) >= 11 is 0. The molecule has 0 aliphatic rings. The van der Waals surface area contributed by atoms with Crippen molar-refractivity contribution in [1.82, 2.24) is 0 Å². The third-order valence-corrected chi connectivity index (χ3v) is 4.41. The van der Waals surface area contributed by atoms with Gasteiger partial charge in [0.15, 0.2) is 0 Å². The maximum atomic E-state index is 11.3. The Morgan fingerprint density at radius 1 is 1.29 bits per heavy atom. The van der Waals surface area contributed by atoms with Crippen LogP contribution in [0.15, 0.2) is 30.8 Å². The minimum Gasteiger partial charge on any atom is -0.789 e. The Morgan fingerprint density at radius 3 is 2.24 bits per heavy atom. The highest BCUT2D eigenvalue weighted by Crippen LogP contribution is 2.55. The van der Waals surface area contributed by atoms with Crippen LogP contribution in [0.4, 0.5) is 0 Å². The predicted octanol–water partition coefficient (Wildman–Crippen LogP) is 0.860. The molecule has 17 heavy (non-hydrogen) atoms. The zero-order valence-corrected chi connectivity index (χ0v) is 10.5. The molecule has 0 aromatic heterocycles. The highest BCUT2D eigenvalue weighted by atomic mass is 31.3. The van der Waals surface area contributed by atoms with Crippen molar-refractivity contribution in [2.45, 2.75) is 6.16 Å². The van der Waals surface area contributed by atoms with Crippen molar-refractivity contribution in [1.29, 1.82) is 0 Å². The molecule has 0 saturated heterocycles. The zero-order chi connectivity index (χ0) is 13.1. The minimum atomic E-state index is -5.47. The van der Waals surface area contributed by atoms with Gasteiger partial charge in [0.1, 0.15) is 0 Å². The van der Waals surface area contributed by atoms with Gasteiger partial charge in [-0.1, -0.05) is 36.9 Å². The standard InChI is InChI=1S/C9H12O6P2/c1-2-8-3-5-9(6-4-8)7-16(10,11)15-17(12,13)14/h2-6H,1,7H2,(H,10,11)(H2,12,13,14)/p-2. The van der Waals surface area contributed by atoms with Crippen molar-refractivity contribution in [3.05, 3.63) is 42.0 Å². The van der Waals surface area contributed by atoms with Crippen molar-refractivity contribution in [3.8, 4) is 0 Å². The van der Waals surface area contributed by atoms with Crippen LogP contribution in [0.25, 0.3) is 6.08 Å². The molecule has 1 aromatic rings. The van der Waals surface area contributed by atoms with Crippen LogP contribution in [0.3, 0.4) is 0 Å². The number of benzene rings is 1. The van der Waals surface area contributed by atoms with Gasteiger partial charge in [0.25, 0.3) is 0 Å². The van der Waals surface area contributed by atoms with Gasteiger partial charge in [-0.3, -0.25) is 8.88 Å². The molecule has 0 aliphatic carbocycles. The molecule has 0 radical (unpaired) electrons. The summed E-state index contributed by atoms with van der Waals surface area (Å²) in [6, 6.07) is 6.31. The quantitative estimate of drug-likeness (QED) is 0.798. The normalized spacial score (nSPS) is 15.2. The smallest absolute Gasteiger partial charge is 0.336 e. The summed E-state index contributed by atoms with van der Waals surface area (Å²) in [7, 11) is -9.94. The second-order valence-electron chi connectivity index (χ2n) is 3.27. The zero-order valence-electron chi connectivity index (χ0n) is 8.68. The predicted molar refractivity (Wildman–Crippen MR) is 58.8 cm³/mol. The maximum absolute atomic E-state index is 11.3.